The van der Waals surface area contributed by atoms with E-state index in [-0.39, 0.29) is 11.4 Å². The Morgan fingerprint density at radius 1 is 1.10 bits per heavy atom. The average molecular weight is 418 g/mol. The summed E-state index contributed by atoms with van der Waals surface area (Å²) in [4.78, 5) is 16.6. The molecule has 3 aromatic rings. The highest BCUT2D eigenvalue weighted by Crippen LogP contribution is 2.47. The van der Waals surface area contributed by atoms with Crippen LogP contribution in [0.3, 0.4) is 0 Å². The van der Waals surface area contributed by atoms with Crippen molar-refractivity contribution in [2.24, 2.45) is 0 Å². The molecule has 1 aromatic heterocycles. The Balaban J connectivity index is 1.44. The number of aryl methyl sites for hydroxylation is 1. The van der Waals surface area contributed by atoms with Gasteiger partial charge < -0.3 is 10.1 Å². The lowest BCUT2D eigenvalue weighted by molar-refractivity contribution is 0.0376. The minimum Gasteiger partial charge on any atom is -0.483 e. The van der Waals surface area contributed by atoms with Crippen LogP contribution in [0.25, 0.3) is 5.57 Å². The molecule has 156 valence electrons. The monoisotopic (exact) mass is 418 g/mol. The molecule has 1 amide bonds. The van der Waals surface area contributed by atoms with E-state index in [9.17, 15) is 13.6 Å². The Labute approximate surface area is 178 Å². The van der Waals surface area contributed by atoms with Crippen LogP contribution in [0.5, 0.6) is 5.75 Å². The summed E-state index contributed by atoms with van der Waals surface area (Å²) in [6.45, 7) is 2.03. The lowest BCUT2D eigenvalue weighted by Crippen LogP contribution is -2.43. The molecule has 1 N–H and O–H groups in total. The van der Waals surface area contributed by atoms with Gasteiger partial charge in [-0.15, -0.1) is 0 Å². The van der Waals surface area contributed by atoms with Crippen LogP contribution in [0, 0.1) is 18.6 Å². The summed E-state index contributed by atoms with van der Waals surface area (Å²) in [5.74, 6) is -1.63. The zero-order valence-electron chi connectivity index (χ0n) is 16.9. The lowest BCUT2D eigenvalue weighted by atomic mass is 9.75. The average Bonchev–Trinajstić information content (AvgIpc) is 2.72. The number of amides is 1. The summed E-state index contributed by atoms with van der Waals surface area (Å²) in [7, 11) is 0. The molecule has 1 spiro atoms. The third-order valence-electron chi connectivity index (χ3n) is 5.85. The molecule has 2 aromatic carbocycles. The minimum absolute atomic E-state index is 0.214. The van der Waals surface area contributed by atoms with E-state index in [1.54, 1.807) is 12.3 Å². The summed E-state index contributed by atoms with van der Waals surface area (Å²) < 4.78 is 34.0. The standard InChI is InChI=1S/C25H20F2N2O2/c1-15-6-8-17-18(13-25(10-3-11-25)31-21(17)12-15)16-7-9-22(28-14-16)29-24(30)23-19(26)4-2-5-20(23)27/h2,4-9,12-14H,3,10-11H2,1H3,(H,28,29,30). The Hall–Kier alpha value is -3.54. The number of anilines is 1. The predicted molar refractivity (Wildman–Crippen MR) is 114 cm³/mol. The molecule has 1 saturated carbocycles. The Morgan fingerprint density at radius 3 is 2.52 bits per heavy atom. The highest BCUT2D eigenvalue weighted by atomic mass is 19.1. The van der Waals surface area contributed by atoms with E-state index in [1.165, 1.54) is 6.07 Å². The molecular weight excluding hydrogens is 398 g/mol. The van der Waals surface area contributed by atoms with Crippen molar-refractivity contribution in [2.45, 2.75) is 31.8 Å². The number of ether oxygens (including phenoxy) is 1. The van der Waals surface area contributed by atoms with Gasteiger partial charge in [0.25, 0.3) is 5.91 Å². The molecule has 2 heterocycles. The molecule has 1 fully saturated rings. The van der Waals surface area contributed by atoms with Crippen LogP contribution >= 0.6 is 0 Å². The van der Waals surface area contributed by atoms with Gasteiger partial charge in [0.1, 0.15) is 34.4 Å². The Bertz CT molecular complexity index is 1190. The maximum atomic E-state index is 13.9. The van der Waals surface area contributed by atoms with Crippen molar-refractivity contribution in [3.63, 3.8) is 0 Å². The molecule has 31 heavy (non-hydrogen) atoms. The highest BCUT2D eigenvalue weighted by Gasteiger charge is 2.41. The number of fused-ring (bicyclic) bond motifs is 1. The van der Waals surface area contributed by atoms with Crippen molar-refractivity contribution in [3.05, 3.63) is 94.7 Å². The number of nitrogens with zero attached hydrogens (tertiary/aromatic N) is 1. The topological polar surface area (TPSA) is 51.2 Å². The van der Waals surface area contributed by atoms with Crippen molar-refractivity contribution < 1.29 is 18.3 Å². The number of benzene rings is 2. The van der Waals surface area contributed by atoms with E-state index in [1.807, 2.05) is 31.2 Å². The summed E-state index contributed by atoms with van der Waals surface area (Å²) in [5.41, 5.74) is 3.14. The molecule has 6 heteroatoms. The van der Waals surface area contributed by atoms with Gasteiger partial charge in [-0.1, -0.05) is 18.2 Å². The van der Waals surface area contributed by atoms with E-state index in [2.05, 4.69) is 16.4 Å². The molecule has 0 bridgehead atoms. The van der Waals surface area contributed by atoms with E-state index in [0.717, 1.165) is 59.4 Å². The largest absolute Gasteiger partial charge is 0.483 e. The van der Waals surface area contributed by atoms with Gasteiger partial charge >= 0.3 is 0 Å². The Kier molecular flexibility index (Phi) is 4.58. The molecule has 5 rings (SSSR count). The van der Waals surface area contributed by atoms with Crippen molar-refractivity contribution >= 4 is 17.3 Å². The summed E-state index contributed by atoms with van der Waals surface area (Å²) in [5, 5.41) is 2.46. The van der Waals surface area contributed by atoms with Crippen LogP contribution < -0.4 is 10.1 Å². The zero-order chi connectivity index (χ0) is 21.6. The highest BCUT2D eigenvalue weighted by molar-refractivity contribution is 6.04. The molecule has 1 aliphatic heterocycles. The fourth-order valence-corrected chi connectivity index (χ4v) is 4.06. The maximum absolute atomic E-state index is 13.9. The van der Waals surface area contributed by atoms with E-state index in [0.29, 0.717) is 0 Å². The second-order valence-corrected chi connectivity index (χ2v) is 8.06. The SMILES string of the molecule is Cc1ccc2c(c1)OC1(C=C2c2ccc(NC(=O)c3c(F)cccc3F)nc2)CCC1. The maximum Gasteiger partial charge on any atom is 0.262 e. The fourth-order valence-electron chi connectivity index (χ4n) is 4.06. The van der Waals surface area contributed by atoms with Crippen molar-refractivity contribution in [1.82, 2.24) is 4.98 Å². The van der Waals surface area contributed by atoms with E-state index >= 15 is 0 Å². The van der Waals surface area contributed by atoms with Crippen LogP contribution in [-0.4, -0.2) is 16.5 Å². The molecular formula is C25H20F2N2O2. The number of carbonyl (C=O) groups is 1. The van der Waals surface area contributed by atoms with Gasteiger partial charge in [0.15, 0.2) is 0 Å². The smallest absolute Gasteiger partial charge is 0.262 e. The third-order valence-corrected chi connectivity index (χ3v) is 5.85. The van der Waals surface area contributed by atoms with Crippen LogP contribution in [0.15, 0.2) is 60.8 Å². The van der Waals surface area contributed by atoms with Crippen molar-refractivity contribution in [1.29, 1.82) is 0 Å². The molecule has 0 radical (unpaired) electrons. The first-order valence-electron chi connectivity index (χ1n) is 10.2. The molecule has 4 nitrogen and oxygen atoms in total. The molecule has 2 aliphatic rings. The number of rotatable bonds is 3. The minimum atomic E-state index is -0.917. The van der Waals surface area contributed by atoms with Crippen molar-refractivity contribution in [2.75, 3.05) is 5.32 Å². The van der Waals surface area contributed by atoms with Crippen molar-refractivity contribution in [3.8, 4) is 5.75 Å². The number of hydrogen-bond acceptors (Lipinski definition) is 3. The van der Waals surface area contributed by atoms with Gasteiger partial charge in [0.05, 0.1) is 0 Å². The quantitative estimate of drug-likeness (QED) is 0.597. The fraction of sp³-hybridized carbons (Fsp3) is 0.200. The van der Waals surface area contributed by atoms with Crippen LogP contribution in [-0.2, 0) is 0 Å². The van der Waals surface area contributed by atoms with E-state index < -0.39 is 23.1 Å². The van der Waals surface area contributed by atoms with Gasteiger partial charge in [-0.05, 0) is 73.7 Å². The normalized spacial score (nSPS) is 16.0. The summed E-state index contributed by atoms with van der Waals surface area (Å²) in [6.07, 6.45) is 6.89. The predicted octanol–water partition coefficient (Wildman–Crippen LogP) is 5.67. The number of halogens is 2. The van der Waals surface area contributed by atoms with Gasteiger partial charge in [0.2, 0.25) is 0 Å². The number of hydrogen-bond donors (Lipinski definition) is 1. The number of aromatic nitrogens is 1. The van der Waals surface area contributed by atoms with Crippen LogP contribution in [0.2, 0.25) is 0 Å². The first-order chi connectivity index (χ1) is 14.9. The number of pyridine rings is 1. The second-order valence-electron chi connectivity index (χ2n) is 8.06. The third kappa shape index (κ3) is 3.48. The van der Waals surface area contributed by atoms with Gasteiger partial charge in [-0.2, -0.15) is 0 Å². The van der Waals surface area contributed by atoms with Gasteiger partial charge in [-0.3, -0.25) is 4.79 Å². The summed E-state index contributed by atoms with van der Waals surface area (Å²) in [6, 6.07) is 12.9. The number of carbonyl (C=O) groups excluding carboxylic acids is 1. The first-order valence-corrected chi connectivity index (χ1v) is 10.2. The molecule has 1 aliphatic carbocycles. The first kappa shape index (κ1) is 19.4. The van der Waals surface area contributed by atoms with E-state index in [4.69, 9.17) is 4.74 Å². The lowest BCUT2D eigenvalue weighted by Gasteiger charge is -2.43. The van der Waals surface area contributed by atoms with Crippen LogP contribution in [0.1, 0.15) is 46.3 Å². The number of nitrogens with one attached hydrogen (secondary N) is 1. The zero-order valence-corrected chi connectivity index (χ0v) is 16.9. The summed E-state index contributed by atoms with van der Waals surface area (Å²) >= 11 is 0. The van der Waals surface area contributed by atoms with Gasteiger partial charge in [0, 0.05) is 17.3 Å². The molecule has 0 saturated heterocycles. The van der Waals surface area contributed by atoms with Gasteiger partial charge in [-0.25, -0.2) is 13.8 Å². The second kappa shape index (κ2) is 7.30. The molecule has 0 unspecified atom stereocenters. The van der Waals surface area contributed by atoms with Crippen LogP contribution in [0.4, 0.5) is 14.6 Å². The Morgan fingerprint density at radius 2 is 1.87 bits per heavy atom. The molecule has 0 atom stereocenters.